The van der Waals surface area contributed by atoms with Crippen molar-refractivity contribution < 1.29 is 9.86 Å². The third-order valence-corrected chi connectivity index (χ3v) is 2.37. The van der Waals surface area contributed by atoms with Crippen LogP contribution in [0, 0.1) is 5.21 Å². The van der Waals surface area contributed by atoms with Gasteiger partial charge < -0.3 is 10.3 Å². The molecule has 1 aliphatic rings. The summed E-state index contributed by atoms with van der Waals surface area (Å²) in [5, 5.41) is 11.3. The van der Waals surface area contributed by atoms with Crippen LogP contribution in [0.5, 0.6) is 0 Å². The van der Waals surface area contributed by atoms with E-state index in [0.29, 0.717) is 17.7 Å². The monoisotopic (exact) mass is 189 g/mol. The first-order valence-electron chi connectivity index (χ1n) is 4.54. The fraction of sp³-hybridized carbons (Fsp3) is 0.182. The number of allylic oxidation sites excluding steroid dienone is 1. The second kappa shape index (κ2) is 3.36. The Morgan fingerprint density at radius 2 is 2.21 bits per heavy atom. The van der Waals surface area contributed by atoms with Crippen LogP contribution < -0.4 is 5.06 Å². The van der Waals surface area contributed by atoms with Gasteiger partial charge in [0, 0.05) is 23.6 Å². The SMILES string of the molecule is C[NH+]([O-])c1cccc2c1C=CCC2=O. The molecule has 0 aliphatic heterocycles. The van der Waals surface area contributed by atoms with Gasteiger partial charge in [0.05, 0.1) is 7.05 Å². The molecular weight excluding hydrogens is 178 g/mol. The Labute approximate surface area is 82.2 Å². The number of hydroxylamine groups is 1. The van der Waals surface area contributed by atoms with Gasteiger partial charge in [0.2, 0.25) is 0 Å². The zero-order chi connectivity index (χ0) is 10.1. The third kappa shape index (κ3) is 1.36. The van der Waals surface area contributed by atoms with Crippen molar-refractivity contribution in [2.24, 2.45) is 0 Å². The van der Waals surface area contributed by atoms with Gasteiger partial charge >= 0.3 is 0 Å². The minimum atomic E-state index is 0.00111. The normalized spacial score (nSPS) is 16.6. The third-order valence-electron chi connectivity index (χ3n) is 2.37. The van der Waals surface area contributed by atoms with Gasteiger partial charge in [-0.25, -0.2) is 0 Å². The second-order valence-corrected chi connectivity index (χ2v) is 3.35. The van der Waals surface area contributed by atoms with Crippen LogP contribution in [0.15, 0.2) is 24.3 Å². The highest BCUT2D eigenvalue weighted by molar-refractivity contribution is 6.04. The summed E-state index contributed by atoms with van der Waals surface area (Å²) in [7, 11) is 1.52. The van der Waals surface area contributed by atoms with Crippen LogP contribution in [-0.4, -0.2) is 12.8 Å². The van der Waals surface area contributed by atoms with Gasteiger partial charge in [-0.05, 0) is 0 Å². The molecule has 0 saturated heterocycles. The van der Waals surface area contributed by atoms with Crippen molar-refractivity contribution in [2.75, 3.05) is 7.05 Å². The summed E-state index contributed by atoms with van der Waals surface area (Å²) in [6.07, 6.45) is 4.10. The van der Waals surface area contributed by atoms with Gasteiger partial charge in [-0.1, -0.05) is 24.3 Å². The van der Waals surface area contributed by atoms with E-state index in [-0.39, 0.29) is 10.8 Å². The first-order valence-corrected chi connectivity index (χ1v) is 4.54. The van der Waals surface area contributed by atoms with E-state index in [1.807, 2.05) is 6.08 Å². The van der Waals surface area contributed by atoms with Crippen LogP contribution in [-0.2, 0) is 0 Å². The molecule has 72 valence electrons. The number of Topliss-reactive ketones (excluding diaryl/α,β-unsaturated/α-hetero) is 1. The van der Waals surface area contributed by atoms with Crippen molar-refractivity contribution in [2.45, 2.75) is 6.42 Å². The Morgan fingerprint density at radius 1 is 1.43 bits per heavy atom. The lowest BCUT2D eigenvalue weighted by atomic mass is 9.95. The lowest BCUT2D eigenvalue weighted by Gasteiger charge is -2.20. The topological polar surface area (TPSA) is 44.6 Å². The summed E-state index contributed by atoms with van der Waals surface area (Å²) in [6, 6.07) is 5.28. The molecular formula is C11H11NO2. The highest BCUT2D eigenvalue weighted by atomic mass is 16.5. The van der Waals surface area contributed by atoms with Gasteiger partial charge in [0.15, 0.2) is 5.78 Å². The molecule has 1 unspecified atom stereocenters. The smallest absolute Gasteiger partial charge is 0.167 e. The van der Waals surface area contributed by atoms with Crippen molar-refractivity contribution in [3.05, 3.63) is 40.6 Å². The van der Waals surface area contributed by atoms with E-state index in [1.165, 1.54) is 7.05 Å². The lowest BCUT2D eigenvalue weighted by Crippen LogP contribution is -2.98. The molecule has 3 nitrogen and oxygen atoms in total. The van der Waals surface area contributed by atoms with Crippen LogP contribution in [0.4, 0.5) is 5.69 Å². The van der Waals surface area contributed by atoms with Crippen LogP contribution >= 0.6 is 0 Å². The van der Waals surface area contributed by atoms with Crippen LogP contribution in [0.2, 0.25) is 0 Å². The van der Waals surface area contributed by atoms with E-state index < -0.39 is 0 Å². The summed E-state index contributed by atoms with van der Waals surface area (Å²) < 4.78 is 0. The van der Waals surface area contributed by atoms with Crippen molar-refractivity contribution >= 4 is 17.5 Å². The maximum absolute atomic E-state index is 11.5. The highest BCUT2D eigenvalue weighted by Crippen LogP contribution is 2.23. The molecule has 3 heteroatoms. The number of quaternary nitrogens is 1. The fourth-order valence-electron chi connectivity index (χ4n) is 1.69. The molecule has 2 rings (SSSR count). The molecule has 1 aliphatic carbocycles. The predicted octanol–water partition coefficient (Wildman–Crippen LogP) is 0.930. The van der Waals surface area contributed by atoms with E-state index in [4.69, 9.17) is 0 Å². The zero-order valence-electron chi connectivity index (χ0n) is 7.91. The molecule has 14 heavy (non-hydrogen) atoms. The number of ketones is 1. The van der Waals surface area contributed by atoms with Gasteiger partial charge in [-0.15, -0.1) is 0 Å². The van der Waals surface area contributed by atoms with Crippen molar-refractivity contribution in [1.29, 1.82) is 0 Å². The van der Waals surface area contributed by atoms with Gasteiger partial charge in [-0.3, -0.25) is 4.79 Å². The van der Waals surface area contributed by atoms with Crippen LogP contribution in [0.1, 0.15) is 22.3 Å². The minimum absolute atomic E-state index is 0.00111. The number of fused-ring (bicyclic) bond motifs is 1. The fourth-order valence-corrected chi connectivity index (χ4v) is 1.69. The molecule has 1 aromatic rings. The Hall–Kier alpha value is -1.45. The summed E-state index contributed by atoms with van der Waals surface area (Å²) in [5.41, 5.74) is 2.07. The maximum atomic E-state index is 11.5. The number of rotatable bonds is 1. The standard InChI is InChI=1S/C11H11NO2/c1-12(14)10-6-2-5-9-8(10)4-3-7-11(9)13/h2-6,12H,7H2,1H3. The Morgan fingerprint density at radius 3 is 2.93 bits per heavy atom. The van der Waals surface area contributed by atoms with Gasteiger partial charge in [0.1, 0.15) is 5.69 Å². The predicted molar refractivity (Wildman–Crippen MR) is 54.3 cm³/mol. The molecule has 0 amide bonds. The second-order valence-electron chi connectivity index (χ2n) is 3.35. The van der Waals surface area contributed by atoms with E-state index in [2.05, 4.69) is 0 Å². The number of hydrogen-bond acceptors (Lipinski definition) is 2. The largest absolute Gasteiger partial charge is 0.629 e. The molecule has 0 saturated carbocycles. The molecule has 0 radical (unpaired) electrons. The van der Waals surface area contributed by atoms with E-state index in [1.54, 1.807) is 24.3 Å². The first-order chi connectivity index (χ1) is 6.70. The molecule has 0 spiro atoms. The lowest BCUT2D eigenvalue weighted by molar-refractivity contribution is -0.751. The van der Waals surface area contributed by atoms with E-state index >= 15 is 0 Å². The van der Waals surface area contributed by atoms with Crippen molar-refractivity contribution in [3.8, 4) is 0 Å². The van der Waals surface area contributed by atoms with Crippen LogP contribution in [0.25, 0.3) is 6.08 Å². The number of nitrogens with one attached hydrogen (secondary N) is 1. The average molecular weight is 189 g/mol. The van der Waals surface area contributed by atoms with E-state index in [9.17, 15) is 10.0 Å². The molecule has 0 aromatic heterocycles. The van der Waals surface area contributed by atoms with Crippen molar-refractivity contribution in [3.63, 3.8) is 0 Å². The summed E-state index contributed by atoms with van der Waals surface area (Å²) >= 11 is 0. The molecule has 1 atom stereocenters. The Bertz CT molecular complexity index is 408. The molecule has 0 fully saturated rings. The molecule has 1 aromatic carbocycles. The van der Waals surface area contributed by atoms with Crippen LogP contribution in [0.3, 0.4) is 0 Å². The van der Waals surface area contributed by atoms with Crippen molar-refractivity contribution in [1.82, 2.24) is 0 Å². The number of carbonyl (C=O) groups excluding carboxylic acids is 1. The zero-order valence-corrected chi connectivity index (χ0v) is 7.91. The quantitative estimate of drug-likeness (QED) is 0.668. The molecule has 0 bridgehead atoms. The Kier molecular flexibility index (Phi) is 2.19. The summed E-state index contributed by atoms with van der Waals surface area (Å²) in [4.78, 5) is 11.5. The van der Waals surface area contributed by atoms with Gasteiger partial charge in [0.25, 0.3) is 0 Å². The average Bonchev–Trinajstić information content (AvgIpc) is 2.17. The first kappa shape index (κ1) is 9.12. The Balaban J connectivity index is 2.63. The number of hydrogen-bond donors (Lipinski definition) is 1. The van der Waals surface area contributed by atoms with E-state index in [0.717, 1.165) is 5.56 Å². The highest BCUT2D eigenvalue weighted by Gasteiger charge is 2.17. The number of benzene rings is 1. The summed E-state index contributed by atoms with van der Waals surface area (Å²) in [5.74, 6) is 0.0885. The maximum Gasteiger partial charge on any atom is 0.167 e. The number of carbonyl (C=O) groups is 1. The molecule has 0 heterocycles. The molecule has 1 N–H and O–H groups in total. The minimum Gasteiger partial charge on any atom is -0.629 e. The summed E-state index contributed by atoms with van der Waals surface area (Å²) in [6.45, 7) is 0. The van der Waals surface area contributed by atoms with Gasteiger partial charge in [-0.2, -0.15) is 0 Å².